The summed E-state index contributed by atoms with van der Waals surface area (Å²) < 4.78 is 0. The molecule has 5 aromatic rings. The number of rotatable bonds is 6. The Kier molecular flexibility index (Phi) is 21.3. The van der Waals surface area contributed by atoms with Gasteiger partial charge in [-0.15, -0.1) is 12.8 Å². The summed E-state index contributed by atoms with van der Waals surface area (Å²) in [6.07, 6.45) is 36.9. The van der Waals surface area contributed by atoms with Crippen molar-refractivity contribution in [3.63, 3.8) is 0 Å². The van der Waals surface area contributed by atoms with Gasteiger partial charge in [-0.2, -0.15) is 0 Å². The average Bonchev–Trinajstić information content (AvgIpc) is 3.72. The Bertz CT molecular complexity index is 2990. The van der Waals surface area contributed by atoms with Gasteiger partial charge in [0.25, 0.3) is 0 Å². The van der Waals surface area contributed by atoms with Crippen LogP contribution < -0.4 is 0 Å². The van der Waals surface area contributed by atoms with E-state index in [-0.39, 0.29) is 22.2 Å². The van der Waals surface area contributed by atoms with Gasteiger partial charge >= 0.3 is 0 Å². The average molecular weight is 994 g/mol. The molecule has 1 saturated carbocycles. The van der Waals surface area contributed by atoms with Gasteiger partial charge in [0.1, 0.15) is 0 Å². The van der Waals surface area contributed by atoms with E-state index in [9.17, 15) is 0 Å². The second-order valence-corrected chi connectivity index (χ2v) is 21.2. The molecular formula is C75H92. The van der Waals surface area contributed by atoms with Crippen LogP contribution in [-0.4, -0.2) is 0 Å². The summed E-state index contributed by atoms with van der Waals surface area (Å²) in [6.45, 7) is 35.3. The van der Waals surface area contributed by atoms with Crippen molar-refractivity contribution >= 4 is 11.1 Å². The van der Waals surface area contributed by atoms with Crippen LogP contribution in [0.2, 0.25) is 0 Å². The highest BCUT2D eigenvalue weighted by Crippen LogP contribution is 2.54. The second kappa shape index (κ2) is 26.9. The molecule has 2 unspecified atom stereocenters. The van der Waals surface area contributed by atoms with Crippen LogP contribution in [-0.2, 0) is 10.8 Å². The lowest BCUT2D eigenvalue weighted by atomic mass is 9.75. The predicted molar refractivity (Wildman–Crippen MR) is 335 cm³/mol. The van der Waals surface area contributed by atoms with E-state index >= 15 is 0 Å². The fraction of sp³-hybridized carbons (Fsp3) is 0.360. The third-order valence-electron chi connectivity index (χ3n) is 16.0. The van der Waals surface area contributed by atoms with Crippen molar-refractivity contribution in [3.05, 3.63) is 226 Å². The Morgan fingerprint density at radius 1 is 0.573 bits per heavy atom. The minimum Gasteiger partial charge on any atom is -0.124 e. The molecule has 0 radical (unpaired) electrons. The van der Waals surface area contributed by atoms with Crippen molar-refractivity contribution in [2.75, 3.05) is 0 Å². The molecule has 5 aliphatic rings. The molecule has 0 heteroatoms. The number of allylic oxidation sites excluding steroid dienone is 16. The van der Waals surface area contributed by atoms with E-state index < -0.39 is 0 Å². The van der Waals surface area contributed by atoms with Gasteiger partial charge in [-0.1, -0.05) is 273 Å². The molecule has 0 aromatic heterocycles. The first-order valence-corrected chi connectivity index (χ1v) is 28.8. The Morgan fingerprint density at radius 2 is 1.16 bits per heavy atom. The topological polar surface area (TPSA) is 0 Å². The molecule has 0 aliphatic heterocycles. The zero-order chi connectivity index (χ0) is 55.1. The molecule has 392 valence electrons. The van der Waals surface area contributed by atoms with Gasteiger partial charge < -0.3 is 0 Å². The SMILES string of the molecule is C#C.C/C=C(\C=C1/CC2=CCCC=C2C1(C)C)c1ccc(-c2ccccc2)cc1-c1ccc2c(c1)C(C)(C)C/C=C(C1C=CC3=C(CC1)C(C)(C)c1cc(-c4ccccc4)ccc13)\C=C/C2C.CC.CC.CC.CC. The van der Waals surface area contributed by atoms with Gasteiger partial charge in [-0.05, 0) is 158 Å². The lowest BCUT2D eigenvalue weighted by Crippen LogP contribution is -2.19. The minimum absolute atomic E-state index is 0.000548. The molecule has 0 heterocycles. The van der Waals surface area contributed by atoms with Crippen molar-refractivity contribution in [1.29, 1.82) is 0 Å². The number of hydrogen-bond donors (Lipinski definition) is 0. The Balaban J connectivity index is 0.000000983. The molecule has 0 nitrogen and oxygen atoms in total. The largest absolute Gasteiger partial charge is 0.124 e. The maximum atomic E-state index is 4.00. The van der Waals surface area contributed by atoms with E-state index in [1.54, 1.807) is 5.57 Å². The van der Waals surface area contributed by atoms with Crippen molar-refractivity contribution in [2.24, 2.45) is 11.3 Å². The molecule has 0 saturated heterocycles. The van der Waals surface area contributed by atoms with Crippen molar-refractivity contribution in [2.45, 2.75) is 166 Å². The van der Waals surface area contributed by atoms with E-state index in [2.05, 4.69) is 238 Å². The predicted octanol–water partition coefficient (Wildman–Crippen LogP) is 22.4. The van der Waals surface area contributed by atoms with E-state index in [1.807, 2.05) is 55.4 Å². The summed E-state index contributed by atoms with van der Waals surface area (Å²) in [5.74, 6) is 0.655. The summed E-state index contributed by atoms with van der Waals surface area (Å²) in [5.41, 5.74) is 25.1. The summed E-state index contributed by atoms with van der Waals surface area (Å²) >= 11 is 0. The van der Waals surface area contributed by atoms with E-state index in [1.165, 1.54) is 94.6 Å². The first-order valence-electron chi connectivity index (χ1n) is 28.8. The van der Waals surface area contributed by atoms with Crippen LogP contribution in [0.15, 0.2) is 198 Å². The monoisotopic (exact) mass is 993 g/mol. The van der Waals surface area contributed by atoms with E-state index in [0.717, 1.165) is 38.5 Å². The molecule has 1 fully saturated rings. The quantitative estimate of drug-likeness (QED) is 0.149. The number of terminal acetylenes is 1. The van der Waals surface area contributed by atoms with Crippen LogP contribution in [0.1, 0.15) is 183 Å². The third-order valence-corrected chi connectivity index (χ3v) is 16.0. The van der Waals surface area contributed by atoms with Crippen LogP contribution >= 0.6 is 0 Å². The van der Waals surface area contributed by atoms with Gasteiger partial charge in [-0.3, -0.25) is 0 Å². The Labute approximate surface area is 458 Å². The normalized spacial score (nSPS) is 20.9. The lowest BCUT2D eigenvalue weighted by Gasteiger charge is -2.29. The third kappa shape index (κ3) is 12.5. The molecule has 0 spiro atoms. The van der Waals surface area contributed by atoms with Crippen molar-refractivity contribution in [1.82, 2.24) is 0 Å². The van der Waals surface area contributed by atoms with Crippen LogP contribution in [0.4, 0.5) is 0 Å². The first kappa shape index (κ1) is 59.5. The summed E-state index contributed by atoms with van der Waals surface area (Å²) in [7, 11) is 0. The smallest absolute Gasteiger partial charge is 0.0121 e. The van der Waals surface area contributed by atoms with Crippen LogP contribution in [0, 0.1) is 24.2 Å². The fourth-order valence-corrected chi connectivity index (χ4v) is 11.9. The molecule has 5 aromatic carbocycles. The van der Waals surface area contributed by atoms with Gasteiger partial charge in [0.15, 0.2) is 0 Å². The molecule has 0 amide bonds. The van der Waals surface area contributed by atoms with Crippen LogP contribution in [0.5, 0.6) is 0 Å². The first-order chi connectivity index (χ1) is 36.3. The Hall–Kier alpha value is -6.42. The number of hydrogen-bond acceptors (Lipinski definition) is 0. The molecule has 10 rings (SSSR count). The maximum Gasteiger partial charge on any atom is 0.0121 e. The van der Waals surface area contributed by atoms with Gasteiger partial charge in [-0.25, -0.2) is 0 Å². The lowest BCUT2D eigenvalue weighted by molar-refractivity contribution is 0.523. The van der Waals surface area contributed by atoms with E-state index in [4.69, 9.17) is 0 Å². The highest BCUT2D eigenvalue weighted by Gasteiger charge is 2.39. The molecule has 75 heavy (non-hydrogen) atoms. The van der Waals surface area contributed by atoms with E-state index in [0.29, 0.717) is 5.92 Å². The zero-order valence-electron chi connectivity index (χ0n) is 49.2. The van der Waals surface area contributed by atoms with Crippen molar-refractivity contribution in [3.8, 4) is 46.2 Å². The van der Waals surface area contributed by atoms with Crippen molar-refractivity contribution < 1.29 is 0 Å². The Morgan fingerprint density at radius 3 is 1.79 bits per heavy atom. The fourth-order valence-electron chi connectivity index (χ4n) is 11.9. The number of fused-ring (bicyclic) bond motifs is 4. The molecule has 0 N–H and O–H groups in total. The van der Waals surface area contributed by atoms with Gasteiger partial charge in [0, 0.05) is 16.7 Å². The van der Waals surface area contributed by atoms with Gasteiger partial charge in [0.05, 0.1) is 0 Å². The second-order valence-electron chi connectivity index (χ2n) is 21.2. The van der Waals surface area contributed by atoms with Gasteiger partial charge in [0.2, 0.25) is 0 Å². The van der Waals surface area contributed by atoms with Crippen LogP contribution in [0.3, 0.4) is 0 Å². The minimum atomic E-state index is -0.0725. The summed E-state index contributed by atoms with van der Waals surface area (Å²) in [4.78, 5) is 0. The summed E-state index contributed by atoms with van der Waals surface area (Å²) in [6, 6.07) is 43.5. The molecule has 5 aliphatic carbocycles. The highest BCUT2D eigenvalue weighted by atomic mass is 14.4. The molecule has 2 atom stereocenters. The van der Waals surface area contributed by atoms with Crippen LogP contribution in [0.25, 0.3) is 44.5 Å². The highest BCUT2D eigenvalue weighted by molar-refractivity contribution is 5.90. The molecule has 0 bridgehead atoms. The zero-order valence-corrected chi connectivity index (χ0v) is 49.2. The number of benzene rings is 5. The molecular weight excluding hydrogens is 901 g/mol. The maximum absolute atomic E-state index is 4.00. The summed E-state index contributed by atoms with van der Waals surface area (Å²) in [5, 5.41) is 0. The standard InChI is InChI=1S/C65H66.4C2H6.C2H2/c1-9-44(38-53-39-52-22-16-17-23-59(52)64(53,5)6)55-32-27-49(45-18-12-10-13-19-45)40-58(55)51-29-31-54-43(2)24-25-48(36-37-63(3,4)61(54)42-51)47-26-33-56-57-34-28-50(46-20-14-11-15-21-46)41-62(57)65(7,8)60(56)35-30-47;5*1-2/h9-15,18-29,31-34,36,38,40-43,47H,16-17,30,35,37,39H2,1-8H3;4*1-2H3;1-2H/b25-24-,44-9+,48-36+,53-38+;;;;;.